The number of alkyl halides is 3. The minimum Gasteiger partial charge on any atom is -0.453 e. The number of piperidine rings is 1. The predicted octanol–water partition coefficient (Wildman–Crippen LogP) is 1.41. The van der Waals surface area contributed by atoms with Gasteiger partial charge < -0.3 is 18.7 Å². The van der Waals surface area contributed by atoms with Crippen LogP contribution in [-0.4, -0.2) is 68.6 Å². The van der Waals surface area contributed by atoms with Crippen molar-refractivity contribution < 1.29 is 27.2 Å². The third-order valence-corrected chi connectivity index (χ3v) is 5.62. The molecule has 1 amide bonds. The Morgan fingerprint density at radius 1 is 1.33 bits per heavy atom. The monoisotopic (exact) mass is 430 g/mol. The van der Waals surface area contributed by atoms with Gasteiger partial charge in [-0.05, 0) is 12.8 Å². The van der Waals surface area contributed by atoms with Crippen LogP contribution in [0.25, 0.3) is 0 Å². The Kier molecular flexibility index (Phi) is 5.30. The van der Waals surface area contributed by atoms with Crippen LogP contribution in [0.15, 0.2) is 15.4 Å². The molecule has 0 aliphatic carbocycles. The van der Waals surface area contributed by atoms with E-state index in [-0.39, 0.29) is 36.4 Å². The number of rotatable bonds is 3. The molecule has 0 bridgehead atoms. The topological polar surface area (TPSA) is 109 Å². The van der Waals surface area contributed by atoms with Crippen molar-refractivity contribution in [1.82, 2.24) is 29.7 Å². The molecule has 1 fully saturated rings. The first-order valence-corrected chi connectivity index (χ1v) is 9.51. The molecule has 13 heteroatoms. The molecule has 164 valence electrons. The lowest BCUT2D eigenvalue weighted by atomic mass is 9.88. The maximum Gasteiger partial charge on any atom is 0.451 e. The summed E-state index contributed by atoms with van der Waals surface area (Å²) in [6.07, 6.45) is -3.87. The highest BCUT2D eigenvalue weighted by molar-refractivity contribution is 5.68. The first kappa shape index (κ1) is 20.4. The van der Waals surface area contributed by atoms with Gasteiger partial charge in [0, 0.05) is 44.2 Å². The van der Waals surface area contributed by atoms with Gasteiger partial charge in [-0.3, -0.25) is 9.69 Å². The lowest BCUT2D eigenvalue weighted by molar-refractivity contribution is -0.148. The summed E-state index contributed by atoms with van der Waals surface area (Å²) >= 11 is 0. The van der Waals surface area contributed by atoms with Crippen LogP contribution in [0.4, 0.5) is 18.0 Å². The number of nitrogens with zero attached hydrogens (tertiary/aromatic N) is 5. The quantitative estimate of drug-likeness (QED) is 0.784. The molecule has 0 aromatic carbocycles. The van der Waals surface area contributed by atoms with E-state index in [1.807, 2.05) is 4.90 Å². The third kappa shape index (κ3) is 3.93. The smallest absolute Gasteiger partial charge is 0.451 e. The molecular formula is C17H21F3N6O4. The molecule has 0 spiro atoms. The van der Waals surface area contributed by atoms with Gasteiger partial charge in [0.2, 0.25) is 5.82 Å². The molecule has 2 aromatic heterocycles. The second kappa shape index (κ2) is 7.78. The van der Waals surface area contributed by atoms with Gasteiger partial charge in [0.15, 0.2) is 0 Å². The molecule has 0 saturated carbocycles. The minimum absolute atomic E-state index is 0.0554. The molecule has 1 N–H and O–H groups in total. The van der Waals surface area contributed by atoms with Crippen molar-refractivity contribution >= 4 is 6.09 Å². The molecule has 2 atom stereocenters. The fraction of sp³-hybridized carbons (Fsp3) is 0.647. The zero-order valence-electron chi connectivity index (χ0n) is 16.2. The van der Waals surface area contributed by atoms with Crippen LogP contribution in [0.2, 0.25) is 0 Å². The van der Waals surface area contributed by atoms with E-state index in [1.54, 1.807) is 4.90 Å². The average molecular weight is 430 g/mol. The summed E-state index contributed by atoms with van der Waals surface area (Å²) < 4.78 is 50.3. The molecule has 1 saturated heterocycles. The highest BCUT2D eigenvalue weighted by Crippen LogP contribution is 2.33. The van der Waals surface area contributed by atoms with E-state index < -0.39 is 18.1 Å². The molecule has 10 nitrogen and oxygen atoms in total. The number of fused-ring (bicyclic) bond motifs is 1. The first-order chi connectivity index (χ1) is 14.3. The molecule has 2 aliphatic rings. The number of carbonyl (C=O) groups excluding carboxylic acids is 1. The molecular weight excluding hydrogens is 409 g/mol. The largest absolute Gasteiger partial charge is 0.453 e. The van der Waals surface area contributed by atoms with Gasteiger partial charge in [0.05, 0.1) is 13.7 Å². The van der Waals surface area contributed by atoms with Crippen LogP contribution < -0.4 is 5.56 Å². The van der Waals surface area contributed by atoms with Gasteiger partial charge in [-0.2, -0.15) is 18.3 Å². The van der Waals surface area contributed by atoms with E-state index in [2.05, 4.69) is 15.4 Å². The number of H-pyrrole nitrogens is 1. The first-order valence-electron chi connectivity index (χ1n) is 9.51. The molecule has 4 heterocycles. The van der Waals surface area contributed by atoms with Crippen molar-refractivity contribution in [2.75, 3.05) is 26.7 Å². The Morgan fingerprint density at radius 2 is 2.13 bits per heavy atom. The highest BCUT2D eigenvalue weighted by atomic mass is 19.4. The second-order valence-electron chi connectivity index (χ2n) is 7.48. The average Bonchev–Trinajstić information content (AvgIpc) is 3.33. The number of amides is 1. The van der Waals surface area contributed by atoms with Crippen LogP contribution in [0.1, 0.15) is 36.2 Å². The lowest BCUT2D eigenvalue weighted by Gasteiger charge is -2.41. The van der Waals surface area contributed by atoms with Crippen LogP contribution in [0, 0.1) is 0 Å². The van der Waals surface area contributed by atoms with Gasteiger partial charge >= 0.3 is 12.3 Å². The molecule has 0 radical (unpaired) electrons. The van der Waals surface area contributed by atoms with Crippen molar-refractivity contribution in [1.29, 1.82) is 0 Å². The summed E-state index contributed by atoms with van der Waals surface area (Å²) in [5.74, 6) is -0.279. The van der Waals surface area contributed by atoms with E-state index in [0.29, 0.717) is 38.2 Å². The van der Waals surface area contributed by atoms with Crippen molar-refractivity contribution in [2.24, 2.45) is 0 Å². The van der Waals surface area contributed by atoms with E-state index in [0.717, 1.165) is 4.57 Å². The van der Waals surface area contributed by atoms with Crippen molar-refractivity contribution in [3.63, 3.8) is 0 Å². The minimum atomic E-state index is -4.55. The number of ether oxygens (including phenoxy) is 1. The predicted molar refractivity (Wildman–Crippen MR) is 94.5 cm³/mol. The van der Waals surface area contributed by atoms with E-state index in [4.69, 9.17) is 9.26 Å². The van der Waals surface area contributed by atoms with Crippen molar-refractivity contribution in [3.8, 4) is 0 Å². The van der Waals surface area contributed by atoms with E-state index >= 15 is 0 Å². The number of carbonyl (C=O) groups is 1. The highest BCUT2D eigenvalue weighted by Gasteiger charge is 2.40. The number of hydrogen-bond acceptors (Lipinski definition) is 7. The number of aromatic nitrogens is 4. The molecule has 30 heavy (non-hydrogen) atoms. The fourth-order valence-electron chi connectivity index (χ4n) is 4.21. The summed E-state index contributed by atoms with van der Waals surface area (Å²) in [5, 5.41) is 9.26. The van der Waals surface area contributed by atoms with Gasteiger partial charge in [0.25, 0.3) is 5.56 Å². The Morgan fingerprint density at radius 3 is 2.80 bits per heavy atom. The number of aromatic amines is 1. The van der Waals surface area contributed by atoms with E-state index in [9.17, 15) is 22.8 Å². The summed E-state index contributed by atoms with van der Waals surface area (Å²) in [7, 11) is 1.30. The number of likely N-dealkylation sites (tertiary alicyclic amines) is 1. The SMILES string of the molecule is COC(=O)N1CCC(c2cc(=O)[nH]o2)CC1CN1CCn2c(nnc2C(F)(F)F)C1. The Balaban J connectivity index is 1.49. The van der Waals surface area contributed by atoms with Gasteiger partial charge in [0.1, 0.15) is 11.6 Å². The second-order valence-corrected chi connectivity index (χ2v) is 7.48. The number of nitrogens with one attached hydrogen (secondary N) is 1. The summed E-state index contributed by atoms with van der Waals surface area (Å²) in [6.45, 7) is 1.51. The van der Waals surface area contributed by atoms with Crippen LogP contribution in [0.3, 0.4) is 0 Å². The maximum absolute atomic E-state index is 13.0. The van der Waals surface area contributed by atoms with Gasteiger partial charge in [-0.1, -0.05) is 0 Å². The van der Waals surface area contributed by atoms with Crippen LogP contribution in [-0.2, 0) is 24.0 Å². The standard InChI is InChI=1S/C17H21F3N6O4/c1-29-16(28)25-3-2-10(12-7-14(27)23-30-12)6-11(25)8-24-4-5-26-13(9-24)21-22-15(26)17(18,19)20/h7,10-11H,2-6,8-9H2,1H3,(H,23,27). The Bertz CT molecular complexity index is 967. The van der Waals surface area contributed by atoms with E-state index in [1.165, 1.54) is 13.2 Å². The van der Waals surface area contributed by atoms with Crippen LogP contribution in [0.5, 0.6) is 0 Å². The lowest BCUT2D eigenvalue weighted by Crippen LogP contribution is -2.52. The number of methoxy groups -OCH3 is 1. The van der Waals surface area contributed by atoms with Crippen LogP contribution >= 0.6 is 0 Å². The van der Waals surface area contributed by atoms with Gasteiger partial charge in [-0.15, -0.1) is 10.2 Å². The van der Waals surface area contributed by atoms with Crippen molar-refractivity contribution in [3.05, 3.63) is 33.8 Å². The Hall–Kier alpha value is -2.83. The third-order valence-electron chi connectivity index (χ3n) is 5.62. The normalized spacial score (nSPS) is 22.7. The summed E-state index contributed by atoms with van der Waals surface area (Å²) in [5.41, 5.74) is -0.326. The summed E-state index contributed by atoms with van der Waals surface area (Å²) in [6, 6.07) is 1.14. The van der Waals surface area contributed by atoms with Crippen molar-refractivity contribution in [2.45, 2.75) is 44.1 Å². The molecule has 2 unspecified atom stereocenters. The Labute approximate surface area is 168 Å². The zero-order chi connectivity index (χ0) is 21.5. The van der Waals surface area contributed by atoms with Gasteiger partial charge in [-0.25, -0.2) is 4.79 Å². The zero-order valence-corrected chi connectivity index (χ0v) is 16.2. The number of hydrogen-bond donors (Lipinski definition) is 1. The maximum atomic E-state index is 13.0. The summed E-state index contributed by atoms with van der Waals surface area (Å²) in [4.78, 5) is 27.2. The molecule has 2 aliphatic heterocycles. The molecule has 2 aromatic rings. The number of halogens is 3. The fourth-order valence-corrected chi connectivity index (χ4v) is 4.21. The molecule has 4 rings (SSSR count).